The average Bonchev–Trinajstić information content (AvgIpc) is 2.55. The molecule has 0 radical (unpaired) electrons. The van der Waals surface area contributed by atoms with Crippen molar-refractivity contribution >= 4 is 5.91 Å². The van der Waals surface area contributed by atoms with E-state index in [1.807, 2.05) is 11.8 Å². The van der Waals surface area contributed by atoms with Crippen molar-refractivity contribution in [2.24, 2.45) is 0 Å². The third-order valence-electron chi connectivity index (χ3n) is 2.06. The number of carbonyl (C=O) groups is 1. The summed E-state index contributed by atoms with van der Waals surface area (Å²) in [5, 5.41) is 3.09. The third-order valence-corrected chi connectivity index (χ3v) is 2.06. The highest BCUT2D eigenvalue weighted by molar-refractivity contribution is 5.88. The Morgan fingerprint density at radius 1 is 1.89 bits per heavy atom. The Morgan fingerprint density at radius 3 is 3.00 bits per heavy atom. The van der Waals surface area contributed by atoms with Crippen molar-refractivity contribution < 1.29 is 4.79 Å². The van der Waals surface area contributed by atoms with E-state index in [4.69, 9.17) is 0 Å². The van der Waals surface area contributed by atoms with Crippen molar-refractivity contribution in [1.82, 2.24) is 10.2 Å². The van der Waals surface area contributed by atoms with E-state index in [9.17, 15) is 4.79 Å². The molecule has 2 fully saturated rings. The summed E-state index contributed by atoms with van der Waals surface area (Å²) >= 11 is 0. The topological polar surface area (TPSA) is 42.2 Å². The van der Waals surface area contributed by atoms with Gasteiger partial charge in [-0.1, -0.05) is 0 Å². The van der Waals surface area contributed by atoms with Gasteiger partial charge < -0.3 is 4.90 Å². The molecule has 2 rings (SSSR count). The van der Waals surface area contributed by atoms with Gasteiger partial charge in [-0.2, -0.15) is 0 Å². The lowest BCUT2D eigenvalue weighted by molar-refractivity contribution is -0.128. The van der Waals surface area contributed by atoms with E-state index in [1.165, 1.54) is 0 Å². The van der Waals surface area contributed by atoms with Gasteiger partial charge in [0.1, 0.15) is 6.04 Å². The third kappa shape index (κ3) is 0.580. The Labute approximate surface area is 54.0 Å². The predicted octanol–water partition coefficient (Wildman–Crippen LogP) is -0.811. The van der Waals surface area contributed by atoms with Crippen LogP contribution >= 0.6 is 0 Å². The van der Waals surface area contributed by atoms with Crippen LogP contribution in [-0.4, -0.2) is 36.0 Å². The molecule has 0 aromatic carbocycles. The Bertz CT molecular complexity index is 157. The molecule has 2 heterocycles. The summed E-state index contributed by atoms with van der Waals surface area (Å²) in [6, 6.07) is 0.697. The molecule has 0 aromatic heterocycles. The van der Waals surface area contributed by atoms with Crippen molar-refractivity contribution in [3.05, 3.63) is 0 Å². The average molecular weight is 126 g/mol. The van der Waals surface area contributed by atoms with Gasteiger partial charge in [-0.3, -0.25) is 10.1 Å². The molecular formula is C6H10N2O. The van der Waals surface area contributed by atoms with E-state index in [0.717, 1.165) is 13.1 Å². The van der Waals surface area contributed by atoms with E-state index in [0.29, 0.717) is 11.9 Å². The van der Waals surface area contributed by atoms with E-state index in [1.54, 1.807) is 0 Å². The van der Waals surface area contributed by atoms with Crippen LogP contribution in [0.3, 0.4) is 0 Å². The maximum Gasteiger partial charge on any atom is 0.241 e. The van der Waals surface area contributed by atoms with Gasteiger partial charge in [0.2, 0.25) is 5.91 Å². The molecule has 1 amide bonds. The first kappa shape index (κ1) is 5.23. The molecule has 0 bridgehead atoms. The smallest absolute Gasteiger partial charge is 0.241 e. The number of carbonyl (C=O) groups excluding carboxylic acids is 1. The van der Waals surface area contributed by atoms with Crippen LogP contribution in [0.1, 0.15) is 6.92 Å². The fourth-order valence-electron chi connectivity index (χ4n) is 1.39. The minimum atomic E-state index is 0.199. The number of fused-ring (bicyclic) bond motifs is 1. The highest BCUT2D eigenvalue weighted by Gasteiger charge is 2.51. The standard InChI is InChI=1S/C6H10N2O/c1-2-8-3-4-5(7-4)6(8)9/h4-5,7H,2-3H2,1H3. The van der Waals surface area contributed by atoms with Crippen LogP contribution in [0.4, 0.5) is 0 Å². The van der Waals surface area contributed by atoms with Gasteiger partial charge >= 0.3 is 0 Å². The number of hydrogen-bond acceptors (Lipinski definition) is 2. The molecule has 50 valence electrons. The molecule has 2 atom stereocenters. The van der Waals surface area contributed by atoms with Gasteiger partial charge in [-0.25, -0.2) is 0 Å². The lowest BCUT2D eigenvalue weighted by atomic mass is 10.4. The number of rotatable bonds is 1. The van der Waals surface area contributed by atoms with Crippen LogP contribution in [0.5, 0.6) is 0 Å². The first-order valence-electron chi connectivity index (χ1n) is 3.37. The van der Waals surface area contributed by atoms with Crippen molar-refractivity contribution in [1.29, 1.82) is 0 Å². The largest absolute Gasteiger partial charge is 0.340 e. The lowest BCUT2D eigenvalue weighted by Gasteiger charge is -2.13. The molecule has 0 spiro atoms. The number of nitrogens with one attached hydrogen (secondary N) is 1. The molecule has 3 nitrogen and oxygen atoms in total. The Balaban J connectivity index is 2.08. The van der Waals surface area contributed by atoms with E-state index in [2.05, 4.69) is 5.32 Å². The highest BCUT2D eigenvalue weighted by atomic mass is 16.2. The van der Waals surface area contributed by atoms with Crippen LogP contribution < -0.4 is 5.32 Å². The zero-order valence-corrected chi connectivity index (χ0v) is 5.42. The second kappa shape index (κ2) is 1.48. The van der Waals surface area contributed by atoms with Crippen LogP contribution in [0, 0.1) is 0 Å². The van der Waals surface area contributed by atoms with Gasteiger partial charge in [-0.05, 0) is 6.92 Å². The van der Waals surface area contributed by atoms with E-state index in [-0.39, 0.29) is 6.04 Å². The first-order chi connectivity index (χ1) is 4.33. The molecule has 0 aromatic rings. The summed E-state index contributed by atoms with van der Waals surface area (Å²) in [6.07, 6.45) is 0. The SMILES string of the molecule is CCN1CC2NC2C1=O. The van der Waals surface area contributed by atoms with Gasteiger partial charge in [0.15, 0.2) is 0 Å². The quantitative estimate of drug-likeness (QED) is 0.467. The maximum atomic E-state index is 11.0. The number of likely N-dealkylation sites (N-methyl/N-ethyl adjacent to an activating group) is 1. The van der Waals surface area contributed by atoms with Crippen molar-refractivity contribution in [2.75, 3.05) is 13.1 Å². The Kier molecular flexibility index (Phi) is 0.858. The number of nitrogens with zero attached hydrogens (tertiary/aromatic N) is 1. The number of amides is 1. The van der Waals surface area contributed by atoms with Crippen LogP contribution in [-0.2, 0) is 4.79 Å². The summed E-state index contributed by atoms with van der Waals surface area (Å²) in [6.45, 7) is 3.82. The summed E-state index contributed by atoms with van der Waals surface area (Å²) in [4.78, 5) is 12.9. The van der Waals surface area contributed by atoms with E-state index >= 15 is 0 Å². The summed E-state index contributed by atoms with van der Waals surface area (Å²) < 4.78 is 0. The number of likely N-dealkylation sites (tertiary alicyclic amines) is 1. The maximum absolute atomic E-state index is 11.0. The minimum Gasteiger partial charge on any atom is -0.340 e. The normalized spacial score (nSPS) is 39.2. The molecule has 9 heavy (non-hydrogen) atoms. The number of hydrogen-bond donors (Lipinski definition) is 1. The highest BCUT2D eigenvalue weighted by Crippen LogP contribution is 2.22. The molecule has 2 aliphatic heterocycles. The van der Waals surface area contributed by atoms with Crippen LogP contribution in [0.2, 0.25) is 0 Å². The summed E-state index contributed by atoms with van der Waals surface area (Å²) in [5.74, 6) is 0.294. The molecule has 3 heteroatoms. The van der Waals surface area contributed by atoms with Crippen molar-refractivity contribution in [3.63, 3.8) is 0 Å². The van der Waals surface area contributed by atoms with Gasteiger partial charge in [0, 0.05) is 19.1 Å². The molecule has 2 unspecified atom stereocenters. The molecule has 2 saturated heterocycles. The fraction of sp³-hybridized carbons (Fsp3) is 0.833. The molecule has 2 aliphatic rings. The van der Waals surface area contributed by atoms with Crippen molar-refractivity contribution in [2.45, 2.75) is 19.0 Å². The summed E-state index contributed by atoms with van der Waals surface area (Å²) in [7, 11) is 0. The summed E-state index contributed by atoms with van der Waals surface area (Å²) in [5.41, 5.74) is 0. The second-order valence-electron chi connectivity index (χ2n) is 2.63. The minimum absolute atomic E-state index is 0.199. The predicted molar refractivity (Wildman–Crippen MR) is 33.0 cm³/mol. The fourth-order valence-corrected chi connectivity index (χ4v) is 1.39. The van der Waals surface area contributed by atoms with Gasteiger partial charge in [-0.15, -0.1) is 0 Å². The van der Waals surface area contributed by atoms with Crippen LogP contribution in [0.15, 0.2) is 0 Å². The second-order valence-corrected chi connectivity index (χ2v) is 2.63. The molecule has 0 aliphatic carbocycles. The zero-order chi connectivity index (χ0) is 6.43. The molecule has 0 saturated carbocycles. The Morgan fingerprint density at radius 2 is 2.67 bits per heavy atom. The first-order valence-corrected chi connectivity index (χ1v) is 3.37. The van der Waals surface area contributed by atoms with Gasteiger partial charge in [0.05, 0.1) is 0 Å². The zero-order valence-electron chi connectivity index (χ0n) is 5.42. The number of piperazine rings is 1. The van der Waals surface area contributed by atoms with Gasteiger partial charge in [0.25, 0.3) is 0 Å². The molecule has 1 N–H and O–H groups in total. The monoisotopic (exact) mass is 126 g/mol. The van der Waals surface area contributed by atoms with E-state index < -0.39 is 0 Å². The Hall–Kier alpha value is -0.570. The lowest BCUT2D eigenvalue weighted by Crippen LogP contribution is -2.32. The molecular weight excluding hydrogens is 116 g/mol. The van der Waals surface area contributed by atoms with Crippen LogP contribution in [0.25, 0.3) is 0 Å². The van der Waals surface area contributed by atoms with Crippen molar-refractivity contribution in [3.8, 4) is 0 Å².